The fourth-order valence-electron chi connectivity index (χ4n) is 8.62. The van der Waals surface area contributed by atoms with E-state index < -0.39 is 0 Å². The van der Waals surface area contributed by atoms with Gasteiger partial charge >= 0.3 is 0 Å². The quantitative estimate of drug-likeness (QED) is 0.176. The second-order valence-corrected chi connectivity index (χ2v) is 14.8. The highest BCUT2D eigenvalue weighted by atomic mass is 16.3. The van der Waals surface area contributed by atoms with Crippen molar-refractivity contribution in [2.45, 2.75) is 0 Å². The van der Waals surface area contributed by atoms with Crippen molar-refractivity contribution in [1.29, 1.82) is 0 Å². The lowest BCUT2D eigenvalue weighted by Gasteiger charge is -2.13. The fourth-order valence-corrected chi connectivity index (χ4v) is 8.62. The van der Waals surface area contributed by atoms with Gasteiger partial charge in [-0.2, -0.15) is 0 Å². The normalized spacial score (nSPS) is 11.8. The lowest BCUT2D eigenvalue weighted by atomic mass is 9.99. The zero-order valence-electron chi connectivity index (χ0n) is 31.2. The first kappa shape index (κ1) is 32.4. The average Bonchev–Trinajstić information content (AvgIpc) is 3.84. The predicted octanol–water partition coefficient (Wildman–Crippen LogP) is 13.8. The van der Waals surface area contributed by atoms with Gasteiger partial charge in [-0.25, -0.2) is 15.0 Å². The third kappa shape index (κ3) is 5.14. The lowest BCUT2D eigenvalue weighted by Crippen LogP contribution is -2.00. The number of hydrogen-bond acceptors (Lipinski definition) is 4. The number of nitrogens with zero attached hydrogens (tertiary/aromatic N) is 4. The van der Waals surface area contributed by atoms with Gasteiger partial charge in [0.05, 0.1) is 22.1 Å². The second-order valence-electron chi connectivity index (χ2n) is 14.8. The number of hydrogen-bond donors (Lipinski definition) is 0. The molecule has 0 radical (unpaired) electrons. The summed E-state index contributed by atoms with van der Waals surface area (Å²) in [6.07, 6.45) is 0. The molecular weight excluding hydrogens is 709 g/mol. The van der Waals surface area contributed by atoms with Gasteiger partial charge in [0, 0.05) is 38.4 Å². The molecule has 3 aromatic heterocycles. The lowest BCUT2D eigenvalue weighted by molar-refractivity contribution is 0.670. The third-order valence-corrected chi connectivity index (χ3v) is 11.4. The summed E-state index contributed by atoms with van der Waals surface area (Å²) in [6, 6.07) is 68.0. The number of benzene rings is 9. The highest BCUT2D eigenvalue weighted by Crippen LogP contribution is 2.43. The van der Waals surface area contributed by atoms with E-state index in [1.165, 1.54) is 32.4 Å². The van der Waals surface area contributed by atoms with Crippen LogP contribution in [-0.2, 0) is 0 Å². The molecule has 0 aliphatic rings. The number of aromatic nitrogens is 4. The summed E-state index contributed by atoms with van der Waals surface area (Å²) < 4.78 is 9.21. The smallest absolute Gasteiger partial charge is 0.164 e. The SMILES string of the molecule is c1ccc(-c2nc(-c3ccc(-c4ccc(-n5c6ccccc6c6cc7ccccc7cc65)c5c4oc4ccccc45)cc3)nc(-c3ccc4ccccc4c3)n2)cc1. The Labute approximate surface area is 333 Å². The molecule has 0 saturated heterocycles. The molecule has 12 aromatic rings. The Bertz CT molecular complexity index is 3560. The zero-order valence-corrected chi connectivity index (χ0v) is 31.2. The van der Waals surface area contributed by atoms with Gasteiger partial charge < -0.3 is 8.98 Å². The van der Waals surface area contributed by atoms with Crippen LogP contribution in [0.1, 0.15) is 0 Å². The first-order valence-electron chi connectivity index (χ1n) is 19.5. The molecule has 0 fully saturated rings. The first-order valence-corrected chi connectivity index (χ1v) is 19.5. The Kier molecular flexibility index (Phi) is 7.16. The summed E-state index contributed by atoms with van der Waals surface area (Å²) in [4.78, 5) is 15.0. The van der Waals surface area contributed by atoms with Gasteiger partial charge in [0.15, 0.2) is 17.5 Å². The van der Waals surface area contributed by atoms with Crippen LogP contribution in [0.25, 0.3) is 116 Å². The molecule has 0 aliphatic heterocycles. The van der Waals surface area contributed by atoms with Crippen molar-refractivity contribution in [3.05, 3.63) is 194 Å². The molecule has 0 N–H and O–H groups in total. The van der Waals surface area contributed by atoms with Crippen LogP contribution >= 0.6 is 0 Å². The van der Waals surface area contributed by atoms with E-state index in [1.54, 1.807) is 0 Å². The molecule has 3 heterocycles. The average molecular weight is 741 g/mol. The van der Waals surface area contributed by atoms with Gasteiger partial charge in [-0.05, 0) is 69.6 Å². The van der Waals surface area contributed by atoms with Crippen LogP contribution in [-0.4, -0.2) is 19.5 Å². The second kappa shape index (κ2) is 12.8. The van der Waals surface area contributed by atoms with Crippen molar-refractivity contribution in [2.24, 2.45) is 0 Å². The van der Waals surface area contributed by atoms with Gasteiger partial charge in [0.1, 0.15) is 11.2 Å². The zero-order chi connectivity index (χ0) is 38.2. The highest BCUT2D eigenvalue weighted by Gasteiger charge is 2.21. The van der Waals surface area contributed by atoms with Gasteiger partial charge in [-0.1, -0.05) is 152 Å². The Hall–Kier alpha value is -7.89. The minimum Gasteiger partial charge on any atom is -0.455 e. The molecule has 0 unspecified atom stereocenters. The maximum atomic E-state index is 6.80. The van der Waals surface area contributed by atoms with Crippen LogP contribution in [0, 0.1) is 0 Å². The van der Waals surface area contributed by atoms with Crippen molar-refractivity contribution in [2.75, 3.05) is 0 Å². The summed E-state index contributed by atoms with van der Waals surface area (Å²) in [6.45, 7) is 0. The molecule has 58 heavy (non-hydrogen) atoms. The van der Waals surface area contributed by atoms with Crippen LogP contribution in [0.4, 0.5) is 0 Å². The molecule has 0 aliphatic carbocycles. The molecule has 0 spiro atoms. The first-order chi connectivity index (χ1) is 28.7. The molecule has 12 rings (SSSR count). The largest absolute Gasteiger partial charge is 0.455 e. The van der Waals surface area contributed by atoms with E-state index in [-0.39, 0.29) is 0 Å². The molecule has 0 saturated carbocycles. The van der Waals surface area contributed by atoms with E-state index in [9.17, 15) is 0 Å². The Morgan fingerprint density at radius 2 is 0.931 bits per heavy atom. The number of para-hydroxylation sites is 2. The van der Waals surface area contributed by atoms with E-state index >= 15 is 0 Å². The van der Waals surface area contributed by atoms with Crippen molar-refractivity contribution in [1.82, 2.24) is 19.5 Å². The number of fused-ring (bicyclic) bond motifs is 8. The molecule has 0 amide bonds. The minimum atomic E-state index is 0.617. The van der Waals surface area contributed by atoms with E-state index in [0.717, 1.165) is 66.3 Å². The maximum Gasteiger partial charge on any atom is 0.164 e. The molecule has 5 nitrogen and oxygen atoms in total. The Balaban J connectivity index is 1.02. The van der Waals surface area contributed by atoms with Gasteiger partial charge in [-0.3, -0.25) is 0 Å². The third-order valence-electron chi connectivity index (χ3n) is 11.4. The summed E-state index contributed by atoms with van der Waals surface area (Å²) in [5.74, 6) is 1.89. The van der Waals surface area contributed by atoms with Crippen LogP contribution in [0.3, 0.4) is 0 Å². The van der Waals surface area contributed by atoms with Crippen molar-refractivity contribution in [3.8, 4) is 51.0 Å². The van der Waals surface area contributed by atoms with E-state index in [2.05, 4.69) is 162 Å². The van der Waals surface area contributed by atoms with Crippen molar-refractivity contribution in [3.63, 3.8) is 0 Å². The molecular formula is C53H32N4O. The number of furan rings is 1. The number of rotatable bonds is 5. The summed E-state index contributed by atoms with van der Waals surface area (Å²) in [5, 5.41) is 9.37. The van der Waals surface area contributed by atoms with Crippen molar-refractivity contribution < 1.29 is 4.42 Å². The Morgan fingerprint density at radius 3 is 1.71 bits per heavy atom. The Morgan fingerprint density at radius 1 is 0.362 bits per heavy atom. The van der Waals surface area contributed by atoms with Gasteiger partial charge in [-0.15, -0.1) is 0 Å². The monoisotopic (exact) mass is 740 g/mol. The van der Waals surface area contributed by atoms with Crippen LogP contribution in [0.15, 0.2) is 199 Å². The summed E-state index contributed by atoms with van der Waals surface area (Å²) >= 11 is 0. The topological polar surface area (TPSA) is 56.7 Å². The van der Waals surface area contributed by atoms with Crippen LogP contribution in [0.2, 0.25) is 0 Å². The molecule has 270 valence electrons. The predicted molar refractivity (Wildman–Crippen MR) is 238 cm³/mol. The summed E-state index contributed by atoms with van der Waals surface area (Å²) in [5.41, 5.74) is 9.96. The van der Waals surface area contributed by atoms with Crippen LogP contribution in [0.5, 0.6) is 0 Å². The standard InChI is InChI=1S/C53H32N4O/c1-2-13-35(14-3-1)51-54-52(56-53(55-51)40-27-22-33-12-4-5-15-37(33)30-40)36-25-23-34(24-26-36)41-28-29-46(49-43-19-9-11-21-48(43)58-50(41)49)57-45-20-10-8-18-42(45)44-31-38-16-6-7-17-39(38)32-47(44)57/h1-32H. The molecule has 0 bridgehead atoms. The van der Waals surface area contributed by atoms with Crippen molar-refractivity contribution >= 4 is 65.3 Å². The fraction of sp³-hybridized carbons (Fsp3) is 0. The van der Waals surface area contributed by atoms with Gasteiger partial charge in [0.25, 0.3) is 0 Å². The minimum absolute atomic E-state index is 0.617. The molecule has 0 atom stereocenters. The van der Waals surface area contributed by atoms with E-state index in [0.29, 0.717) is 17.5 Å². The highest BCUT2D eigenvalue weighted by molar-refractivity contribution is 6.18. The molecule has 5 heteroatoms. The maximum absolute atomic E-state index is 6.80. The van der Waals surface area contributed by atoms with Gasteiger partial charge in [0.2, 0.25) is 0 Å². The van der Waals surface area contributed by atoms with Crippen LogP contribution < -0.4 is 0 Å². The summed E-state index contributed by atoms with van der Waals surface area (Å²) in [7, 11) is 0. The van der Waals surface area contributed by atoms with E-state index in [4.69, 9.17) is 19.4 Å². The molecule has 9 aromatic carbocycles. The van der Waals surface area contributed by atoms with E-state index in [1.807, 2.05) is 36.4 Å².